The van der Waals surface area contributed by atoms with Gasteiger partial charge < -0.3 is 10.0 Å². The van der Waals surface area contributed by atoms with E-state index in [0.717, 1.165) is 33.7 Å². The molecule has 0 unspecified atom stereocenters. The molecule has 0 saturated carbocycles. The summed E-state index contributed by atoms with van der Waals surface area (Å²) in [6, 6.07) is 11.1. The summed E-state index contributed by atoms with van der Waals surface area (Å²) in [4.78, 5) is 27.2. The lowest BCUT2D eigenvalue weighted by molar-refractivity contribution is -0.129. The molecule has 33 heavy (non-hydrogen) atoms. The Morgan fingerprint density at radius 2 is 2.00 bits per heavy atom. The fraction of sp³-hybridized carbons (Fsp3) is 0.231. The number of carbonyl (C=O) groups excluding carboxylic acids is 2. The van der Waals surface area contributed by atoms with Crippen LogP contribution in [0.2, 0.25) is 0 Å². The molecule has 2 N–H and O–H groups in total. The van der Waals surface area contributed by atoms with E-state index >= 15 is 0 Å². The molecule has 170 valence electrons. The van der Waals surface area contributed by atoms with Crippen LogP contribution in [-0.2, 0) is 15.3 Å². The van der Waals surface area contributed by atoms with Gasteiger partial charge in [0.2, 0.25) is 5.78 Å². The average molecular weight is 465 g/mol. The van der Waals surface area contributed by atoms with Gasteiger partial charge in [-0.1, -0.05) is 43.0 Å². The number of hydrogen-bond acceptors (Lipinski definition) is 5. The number of aliphatic hydroxyl groups excluding tert-OH is 1. The van der Waals surface area contributed by atoms with Gasteiger partial charge in [0.05, 0.1) is 12.2 Å². The maximum absolute atomic E-state index is 14.4. The molecule has 0 aliphatic carbocycles. The molecule has 2 aromatic carbocycles. The number of allylic oxidation sites excluding steroid dienone is 1. The number of hydrogen-bond donors (Lipinski definition) is 2. The molecule has 0 saturated heterocycles. The lowest BCUT2D eigenvalue weighted by Gasteiger charge is -2.36. The quantitative estimate of drug-likeness (QED) is 0.380. The van der Waals surface area contributed by atoms with E-state index < -0.39 is 17.4 Å². The first-order valence-electron chi connectivity index (χ1n) is 10.7. The summed E-state index contributed by atoms with van der Waals surface area (Å²) in [7, 11) is 0. The minimum Gasteiger partial charge on any atom is -0.504 e. The second-order valence-corrected chi connectivity index (χ2v) is 8.99. The Labute approximate surface area is 196 Å². The fourth-order valence-corrected chi connectivity index (χ4v) is 5.41. The van der Waals surface area contributed by atoms with Crippen LogP contribution in [-0.4, -0.2) is 34.4 Å². The third kappa shape index (κ3) is 4.65. The van der Waals surface area contributed by atoms with E-state index in [9.17, 15) is 19.1 Å². The Morgan fingerprint density at radius 3 is 2.79 bits per heavy atom. The summed E-state index contributed by atoms with van der Waals surface area (Å²) >= 11 is 1.67. The molecular formula is C26H25FN2O3S. The van der Waals surface area contributed by atoms with Gasteiger partial charge in [0.25, 0.3) is 5.91 Å². The SMILES string of the molecule is C=CC(=O)/C(O)=C/C(=O)N1CC=CC[C@H]1N[C@@H]1c2ccccc2SCc2c1ccc(F)c2C. The van der Waals surface area contributed by atoms with Gasteiger partial charge in [-0.25, -0.2) is 4.39 Å². The first kappa shape index (κ1) is 23.0. The number of carbonyl (C=O) groups is 2. The van der Waals surface area contributed by atoms with Crippen LogP contribution < -0.4 is 5.32 Å². The van der Waals surface area contributed by atoms with E-state index in [-0.39, 0.29) is 18.0 Å². The summed E-state index contributed by atoms with van der Waals surface area (Å²) in [6.45, 7) is 5.46. The molecule has 2 atom stereocenters. The van der Waals surface area contributed by atoms with Crippen molar-refractivity contribution in [2.75, 3.05) is 6.54 Å². The van der Waals surface area contributed by atoms with Crippen molar-refractivity contribution in [1.82, 2.24) is 10.2 Å². The highest BCUT2D eigenvalue weighted by molar-refractivity contribution is 7.98. The van der Waals surface area contributed by atoms with Gasteiger partial charge in [-0.2, -0.15) is 0 Å². The highest BCUT2D eigenvalue weighted by Gasteiger charge is 2.31. The number of nitrogens with one attached hydrogen (secondary N) is 1. The number of aliphatic hydroxyl groups is 1. The van der Waals surface area contributed by atoms with E-state index in [0.29, 0.717) is 24.3 Å². The minimum atomic E-state index is -0.707. The summed E-state index contributed by atoms with van der Waals surface area (Å²) in [5, 5.41) is 13.5. The third-order valence-electron chi connectivity index (χ3n) is 6.03. The van der Waals surface area contributed by atoms with Crippen molar-refractivity contribution >= 4 is 23.5 Å². The molecule has 0 radical (unpaired) electrons. The van der Waals surface area contributed by atoms with Gasteiger partial charge in [-0.15, -0.1) is 11.8 Å². The topological polar surface area (TPSA) is 69.6 Å². The highest BCUT2D eigenvalue weighted by Crippen LogP contribution is 2.41. The van der Waals surface area contributed by atoms with Gasteiger partial charge in [0.15, 0.2) is 5.76 Å². The van der Waals surface area contributed by atoms with Crippen molar-refractivity contribution in [3.63, 3.8) is 0 Å². The smallest absolute Gasteiger partial charge is 0.251 e. The highest BCUT2D eigenvalue weighted by atomic mass is 32.2. The maximum atomic E-state index is 14.4. The van der Waals surface area contributed by atoms with E-state index in [2.05, 4.69) is 18.0 Å². The Balaban J connectivity index is 1.72. The first-order chi connectivity index (χ1) is 15.9. The molecule has 2 heterocycles. The molecule has 2 aromatic rings. The van der Waals surface area contributed by atoms with Crippen molar-refractivity contribution < 1.29 is 19.1 Å². The summed E-state index contributed by atoms with van der Waals surface area (Å²) < 4.78 is 14.4. The number of thioether (sulfide) groups is 1. The van der Waals surface area contributed by atoms with Gasteiger partial charge >= 0.3 is 0 Å². The van der Waals surface area contributed by atoms with E-state index in [1.807, 2.05) is 36.4 Å². The second-order valence-electron chi connectivity index (χ2n) is 7.98. The third-order valence-corrected chi connectivity index (χ3v) is 7.14. The lowest BCUT2D eigenvalue weighted by atomic mass is 9.92. The summed E-state index contributed by atoms with van der Waals surface area (Å²) in [6.07, 6.45) is 5.93. The number of amides is 1. The second kappa shape index (κ2) is 9.77. The zero-order valence-electron chi connectivity index (χ0n) is 18.3. The largest absolute Gasteiger partial charge is 0.504 e. The predicted octanol–water partition coefficient (Wildman–Crippen LogP) is 4.73. The summed E-state index contributed by atoms with van der Waals surface area (Å²) in [5.74, 6) is -1.40. The van der Waals surface area contributed by atoms with Gasteiger partial charge in [-0.3, -0.25) is 14.9 Å². The zero-order valence-corrected chi connectivity index (χ0v) is 19.1. The number of nitrogens with zero attached hydrogens (tertiary/aromatic N) is 1. The van der Waals surface area contributed by atoms with Gasteiger partial charge in [0, 0.05) is 23.3 Å². The number of fused-ring (bicyclic) bond motifs is 2. The van der Waals surface area contributed by atoms with Crippen molar-refractivity contribution in [3.8, 4) is 0 Å². The van der Waals surface area contributed by atoms with Crippen LogP contribution in [0.15, 0.2) is 77.9 Å². The fourth-order valence-electron chi connectivity index (χ4n) is 4.20. The Hall–Kier alpha value is -3.16. The Morgan fingerprint density at radius 1 is 1.21 bits per heavy atom. The standard InChI is InChI=1S/C26H25FN2O3S/c1-3-21(30)22(31)14-25(32)29-13-7-6-10-24(29)28-26-17-11-12-20(27)16(2)19(17)15-33-23-9-5-4-8-18(23)26/h3-9,11-12,14,24,26,28,31H,1,10,13,15H2,2H3/b22-14-/t24-,26-/m0/s1. The molecule has 1 amide bonds. The molecular weight excluding hydrogens is 439 g/mol. The molecule has 4 rings (SSSR count). The van der Waals surface area contributed by atoms with Crippen LogP contribution in [0.3, 0.4) is 0 Å². The monoisotopic (exact) mass is 464 g/mol. The molecule has 2 aliphatic heterocycles. The van der Waals surface area contributed by atoms with Crippen molar-refractivity contribution in [3.05, 3.63) is 101 Å². The van der Waals surface area contributed by atoms with Crippen LogP contribution in [0.4, 0.5) is 4.39 Å². The number of ketones is 1. The Bertz CT molecular complexity index is 1170. The lowest BCUT2D eigenvalue weighted by Crippen LogP contribution is -2.51. The van der Waals surface area contributed by atoms with Gasteiger partial charge in [-0.05, 0) is 53.8 Å². The maximum Gasteiger partial charge on any atom is 0.251 e. The molecule has 5 nitrogen and oxygen atoms in total. The number of benzene rings is 2. The van der Waals surface area contributed by atoms with Crippen LogP contribution in [0.5, 0.6) is 0 Å². The van der Waals surface area contributed by atoms with Crippen molar-refractivity contribution in [1.29, 1.82) is 0 Å². The van der Waals surface area contributed by atoms with Crippen LogP contribution in [0.25, 0.3) is 0 Å². The molecule has 0 bridgehead atoms. The van der Waals surface area contributed by atoms with E-state index in [1.165, 1.54) is 6.07 Å². The van der Waals surface area contributed by atoms with Crippen molar-refractivity contribution in [2.45, 2.75) is 36.2 Å². The minimum absolute atomic E-state index is 0.232. The molecule has 7 heteroatoms. The number of rotatable bonds is 5. The van der Waals surface area contributed by atoms with Crippen LogP contribution in [0.1, 0.15) is 34.7 Å². The molecule has 2 aliphatic rings. The average Bonchev–Trinajstić information content (AvgIpc) is 2.98. The first-order valence-corrected chi connectivity index (χ1v) is 11.7. The molecule has 0 fully saturated rings. The Kier molecular flexibility index (Phi) is 6.81. The zero-order chi connectivity index (χ0) is 23.5. The van der Waals surface area contributed by atoms with E-state index in [4.69, 9.17) is 0 Å². The van der Waals surface area contributed by atoms with Crippen LogP contribution >= 0.6 is 11.8 Å². The van der Waals surface area contributed by atoms with Gasteiger partial charge in [0.1, 0.15) is 5.82 Å². The predicted molar refractivity (Wildman–Crippen MR) is 127 cm³/mol. The van der Waals surface area contributed by atoms with E-state index in [1.54, 1.807) is 23.6 Å². The molecule has 0 spiro atoms. The normalized spacial score (nSPS) is 19.9. The van der Waals surface area contributed by atoms with Crippen LogP contribution in [0, 0.1) is 12.7 Å². The van der Waals surface area contributed by atoms with Crippen molar-refractivity contribution in [2.24, 2.45) is 0 Å². The molecule has 0 aromatic heterocycles. The summed E-state index contributed by atoms with van der Waals surface area (Å²) in [5.41, 5.74) is 3.63. The number of halogens is 1.